The number of hydrogen-bond acceptors (Lipinski definition) is 4. The molecule has 2 atom stereocenters. The maximum atomic E-state index is 12.4. The molecule has 58 heavy (non-hydrogen) atoms. The van der Waals surface area contributed by atoms with E-state index >= 15 is 0 Å². The van der Waals surface area contributed by atoms with Gasteiger partial charge >= 0.3 is 11.9 Å². The molecule has 6 aromatic rings. The second-order valence-corrected chi connectivity index (χ2v) is 17.2. The summed E-state index contributed by atoms with van der Waals surface area (Å²) in [6.07, 6.45) is 12.4. The van der Waals surface area contributed by atoms with Crippen LogP contribution in [0.5, 0.6) is 0 Å². The number of pyridine rings is 2. The van der Waals surface area contributed by atoms with E-state index in [9.17, 15) is 19.8 Å². The first kappa shape index (κ1) is 39.5. The lowest BCUT2D eigenvalue weighted by Gasteiger charge is -2.23. The summed E-state index contributed by atoms with van der Waals surface area (Å²) >= 11 is 0. The number of aromatic nitrogens is 2. The second kappa shape index (κ2) is 16.5. The molecule has 9 rings (SSSR count). The number of aryl methyl sites for hydroxylation is 8. The van der Waals surface area contributed by atoms with Crippen molar-refractivity contribution in [2.24, 2.45) is 5.92 Å². The topological polar surface area (TPSA) is 100 Å². The Bertz CT molecular complexity index is 2530. The zero-order valence-electron chi connectivity index (χ0n) is 34.8. The number of benzene rings is 4. The van der Waals surface area contributed by atoms with Crippen LogP contribution in [0.15, 0.2) is 72.8 Å². The third-order valence-electron chi connectivity index (χ3n) is 13.0. The number of carboxylic acids is 2. The largest absolute Gasteiger partial charge is 0.481 e. The van der Waals surface area contributed by atoms with Crippen LogP contribution >= 0.6 is 0 Å². The predicted molar refractivity (Wildman–Crippen MR) is 235 cm³/mol. The van der Waals surface area contributed by atoms with Crippen LogP contribution in [0, 0.1) is 33.6 Å². The molecule has 298 valence electrons. The molecule has 0 radical (unpaired) electrons. The summed E-state index contributed by atoms with van der Waals surface area (Å²) in [7, 11) is 0. The molecule has 1 fully saturated rings. The van der Waals surface area contributed by atoms with E-state index in [4.69, 9.17) is 9.97 Å². The Morgan fingerprint density at radius 2 is 1.19 bits per heavy atom. The van der Waals surface area contributed by atoms with Gasteiger partial charge in [0.25, 0.3) is 0 Å². The molecule has 6 nitrogen and oxygen atoms in total. The summed E-state index contributed by atoms with van der Waals surface area (Å²) in [6, 6.07) is 25.9. The predicted octanol–water partition coefficient (Wildman–Crippen LogP) is 12.3. The third kappa shape index (κ3) is 7.78. The Hall–Kier alpha value is -5.36. The summed E-state index contributed by atoms with van der Waals surface area (Å²) < 4.78 is 0. The number of fused-ring (bicyclic) bond motifs is 5. The van der Waals surface area contributed by atoms with E-state index in [1.165, 1.54) is 51.6 Å². The van der Waals surface area contributed by atoms with Crippen molar-refractivity contribution in [2.45, 2.75) is 124 Å². The average molecular weight is 773 g/mol. The fourth-order valence-corrected chi connectivity index (χ4v) is 9.83. The van der Waals surface area contributed by atoms with Crippen LogP contribution < -0.4 is 0 Å². The fraction of sp³-hybridized carbons (Fsp3) is 0.385. The molecule has 3 aliphatic rings. The number of nitrogens with zero attached hydrogens (tertiary/aromatic N) is 2. The number of aliphatic carboxylic acids is 2. The highest BCUT2D eigenvalue weighted by molar-refractivity contribution is 6.02. The molecule has 6 heteroatoms. The van der Waals surface area contributed by atoms with Crippen LogP contribution in [0.1, 0.15) is 126 Å². The second-order valence-electron chi connectivity index (χ2n) is 17.2. The fourth-order valence-electron chi connectivity index (χ4n) is 9.83. The van der Waals surface area contributed by atoms with Crippen molar-refractivity contribution in [3.05, 3.63) is 129 Å². The average Bonchev–Trinajstić information content (AvgIpc) is 3.91. The summed E-state index contributed by atoms with van der Waals surface area (Å²) in [4.78, 5) is 34.4. The van der Waals surface area contributed by atoms with Gasteiger partial charge in [-0.3, -0.25) is 19.6 Å². The van der Waals surface area contributed by atoms with Gasteiger partial charge in [0.2, 0.25) is 0 Å². The minimum atomic E-state index is -0.757. The van der Waals surface area contributed by atoms with Gasteiger partial charge in [0.15, 0.2) is 0 Å². The molecule has 3 aliphatic carbocycles. The highest BCUT2D eigenvalue weighted by atomic mass is 16.4. The van der Waals surface area contributed by atoms with E-state index in [1.807, 2.05) is 20.8 Å². The van der Waals surface area contributed by atoms with E-state index in [0.717, 1.165) is 113 Å². The summed E-state index contributed by atoms with van der Waals surface area (Å²) in [6.45, 7) is 10.2. The van der Waals surface area contributed by atoms with Gasteiger partial charge in [0.1, 0.15) is 0 Å². The molecule has 2 aromatic heterocycles. The lowest BCUT2D eigenvalue weighted by Crippen LogP contribution is -2.16. The van der Waals surface area contributed by atoms with Gasteiger partial charge in [0.05, 0.1) is 22.9 Å². The monoisotopic (exact) mass is 772 g/mol. The highest BCUT2D eigenvalue weighted by Gasteiger charge is 2.34. The molecule has 0 bridgehead atoms. The third-order valence-corrected chi connectivity index (χ3v) is 13.0. The minimum absolute atomic E-state index is 0.498. The first-order valence-electron chi connectivity index (χ1n) is 21.5. The first-order valence-corrected chi connectivity index (χ1v) is 21.5. The Kier molecular flexibility index (Phi) is 11.2. The van der Waals surface area contributed by atoms with E-state index in [1.54, 1.807) is 0 Å². The van der Waals surface area contributed by atoms with Crippen molar-refractivity contribution in [1.82, 2.24) is 9.97 Å². The van der Waals surface area contributed by atoms with Crippen LogP contribution in [0.25, 0.3) is 44.1 Å². The van der Waals surface area contributed by atoms with Crippen molar-refractivity contribution in [3.63, 3.8) is 0 Å². The zero-order chi connectivity index (χ0) is 40.7. The first-order chi connectivity index (χ1) is 28.0. The molecule has 2 heterocycles. The van der Waals surface area contributed by atoms with Crippen LogP contribution in [-0.2, 0) is 35.3 Å². The minimum Gasteiger partial charge on any atom is -0.481 e. The van der Waals surface area contributed by atoms with Gasteiger partial charge in [-0.15, -0.1) is 0 Å². The number of hydrogen-bond donors (Lipinski definition) is 2. The van der Waals surface area contributed by atoms with E-state index in [0.29, 0.717) is 18.8 Å². The lowest BCUT2D eigenvalue weighted by molar-refractivity contribution is -0.140. The van der Waals surface area contributed by atoms with Crippen LogP contribution in [0.3, 0.4) is 0 Å². The van der Waals surface area contributed by atoms with Crippen molar-refractivity contribution in [1.29, 1.82) is 0 Å². The normalized spacial score (nSPS) is 15.7. The smallest absolute Gasteiger partial charge is 0.311 e. The van der Waals surface area contributed by atoms with Gasteiger partial charge in [-0.2, -0.15) is 0 Å². The summed E-state index contributed by atoms with van der Waals surface area (Å²) in [5.74, 6) is -1.97. The summed E-state index contributed by atoms with van der Waals surface area (Å²) in [5, 5.41) is 22.5. The Balaban J connectivity index is 0.000000162. The van der Waals surface area contributed by atoms with Crippen LogP contribution in [0.2, 0.25) is 0 Å². The van der Waals surface area contributed by atoms with E-state index in [2.05, 4.69) is 86.6 Å². The van der Waals surface area contributed by atoms with Crippen molar-refractivity contribution < 1.29 is 19.8 Å². The van der Waals surface area contributed by atoms with Crippen molar-refractivity contribution in [2.75, 3.05) is 0 Å². The molecule has 0 saturated heterocycles. The maximum Gasteiger partial charge on any atom is 0.311 e. The molecule has 2 unspecified atom stereocenters. The molecule has 1 saturated carbocycles. The molecular weight excluding hydrogens is 717 g/mol. The summed E-state index contributed by atoms with van der Waals surface area (Å²) in [5.41, 5.74) is 17.8. The zero-order valence-corrected chi connectivity index (χ0v) is 34.8. The van der Waals surface area contributed by atoms with E-state index in [-0.39, 0.29) is 0 Å². The number of rotatable bonds is 10. The van der Waals surface area contributed by atoms with Crippen LogP contribution in [-0.4, -0.2) is 32.1 Å². The van der Waals surface area contributed by atoms with Crippen molar-refractivity contribution in [3.8, 4) is 22.3 Å². The quantitative estimate of drug-likeness (QED) is 0.144. The van der Waals surface area contributed by atoms with Gasteiger partial charge in [0, 0.05) is 22.2 Å². The van der Waals surface area contributed by atoms with Gasteiger partial charge in [-0.05, 0) is 165 Å². The molecule has 0 aliphatic heterocycles. The van der Waals surface area contributed by atoms with Gasteiger partial charge in [-0.1, -0.05) is 91.9 Å². The Morgan fingerprint density at radius 3 is 1.78 bits per heavy atom. The van der Waals surface area contributed by atoms with Gasteiger partial charge in [-0.25, -0.2) is 0 Å². The molecular formula is C52H56N2O4. The molecule has 4 aromatic carbocycles. The SMILES string of the molecule is CCCC(C(=O)O)c1c(C)nc2ccc3c(c2c1-c1ccc(C)cc1)CCC3.Cc1ccc(-c2c(C(CC3CC3)C(=O)O)c(C)nc3cc4c(cc23)CCCC4)cc1. The molecule has 0 spiro atoms. The highest BCUT2D eigenvalue weighted by Crippen LogP contribution is 2.46. The Morgan fingerprint density at radius 1 is 0.638 bits per heavy atom. The van der Waals surface area contributed by atoms with Crippen LogP contribution in [0.4, 0.5) is 0 Å². The van der Waals surface area contributed by atoms with Crippen molar-refractivity contribution >= 4 is 33.7 Å². The molecule has 0 amide bonds. The number of carboxylic acid groups (broad SMARTS) is 2. The maximum absolute atomic E-state index is 12.4. The van der Waals surface area contributed by atoms with E-state index < -0.39 is 23.8 Å². The molecule has 2 N–H and O–H groups in total. The van der Waals surface area contributed by atoms with Gasteiger partial charge < -0.3 is 10.2 Å². The lowest BCUT2D eigenvalue weighted by atomic mass is 9.82. The number of carbonyl (C=O) groups is 2. The standard InChI is InChI=1S/C27H29NO2.C25H27NO2/c1-16-7-11-19(12-8-16)26-22-14-20-5-3-4-6-21(20)15-24(22)28-17(2)25(26)23(27(29)30)13-18-9-10-18;1-4-6-20(25(27)28)22-16(3)26-21-14-13-17-7-5-8-19(17)24(21)23(22)18-11-9-15(2)10-12-18/h7-8,11-12,14-15,18,23H,3-6,9-10,13H2,1-2H3,(H,29,30);9-14,20H,4-8H2,1-3H3,(H,27,28). The Labute approximate surface area is 342 Å².